The molecule has 33 heavy (non-hydrogen) atoms. The number of ether oxygens (including phenoxy) is 1. The molecule has 0 atom stereocenters. The van der Waals surface area contributed by atoms with Gasteiger partial charge in [-0.3, -0.25) is 9.59 Å². The molecule has 2 fully saturated rings. The summed E-state index contributed by atoms with van der Waals surface area (Å²) >= 11 is 6.02. The summed E-state index contributed by atoms with van der Waals surface area (Å²) in [4.78, 5) is 28.7. The molecule has 2 aliphatic heterocycles. The molecule has 0 aliphatic carbocycles. The third kappa shape index (κ3) is 4.85. The van der Waals surface area contributed by atoms with Crippen LogP contribution in [0.4, 0.5) is 0 Å². The number of sulfonamides is 1. The molecule has 4 rings (SSSR count). The summed E-state index contributed by atoms with van der Waals surface area (Å²) in [7, 11) is -2.39. The van der Waals surface area contributed by atoms with Crippen LogP contribution in [-0.4, -0.2) is 73.7 Å². The van der Waals surface area contributed by atoms with Crippen molar-refractivity contribution in [1.82, 2.24) is 14.1 Å². The van der Waals surface area contributed by atoms with E-state index in [9.17, 15) is 18.0 Å². The number of hydrogen-bond donors (Lipinski definition) is 0. The fraction of sp³-hybridized carbons (Fsp3) is 0.391. The number of halogens is 1. The third-order valence-corrected chi connectivity index (χ3v) is 8.32. The van der Waals surface area contributed by atoms with Gasteiger partial charge in [0.15, 0.2) is 0 Å². The first-order valence-electron chi connectivity index (χ1n) is 10.8. The second-order valence-corrected chi connectivity index (χ2v) is 10.5. The first-order chi connectivity index (χ1) is 15.8. The largest absolute Gasteiger partial charge is 0.495 e. The number of hydrogen-bond acceptors (Lipinski definition) is 5. The highest BCUT2D eigenvalue weighted by molar-refractivity contribution is 7.89. The van der Waals surface area contributed by atoms with Crippen molar-refractivity contribution >= 4 is 33.4 Å². The number of piperidine rings is 1. The fourth-order valence-corrected chi connectivity index (χ4v) is 6.27. The summed E-state index contributed by atoms with van der Waals surface area (Å²) < 4.78 is 33.0. The van der Waals surface area contributed by atoms with Gasteiger partial charge in [0.05, 0.1) is 7.11 Å². The molecule has 8 nitrogen and oxygen atoms in total. The quantitative estimate of drug-likeness (QED) is 0.579. The van der Waals surface area contributed by atoms with E-state index < -0.39 is 21.8 Å². The molecule has 10 heteroatoms. The van der Waals surface area contributed by atoms with Crippen molar-refractivity contribution in [2.75, 3.05) is 33.3 Å². The molecule has 0 spiro atoms. The van der Waals surface area contributed by atoms with Crippen LogP contribution in [0.3, 0.4) is 0 Å². The van der Waals surface area contributed by atoms with Gasteiger partial charge in [-0.25, -0.2) is 8.42 Å². The lowest BCUT2D eigenvalue weighted by Crippen LogP contribution is -2.58. The van der Waals surface area contributed by atoms with Gasteiger partial charge >= 0.3 is 11.8 Å². The van der Waals surface area contributed by atoms with Crippen LogP contribution in [-0.2, 0) is 26.2 Å². The van der Waals surface area contributed by atoms with Gasteiger partial charge in [-0.1, -0.05) is 41.9 Å². The molecule has 2 heterocycles. The minimum atomic E-state index is -3.80. The van der Waals surface area contributed by atoms with Crippen molar-refractivity contribution in [2.45, 2.75) is 30.3 Å². The first kappa shape index (κ1) is 23.5. The normalized spacial score (nSPS) is 18.6. The van der Waals surface area contributed by atoms with Crippen LogP contribution < -0.4 is 4.74 Å². The number of carbonyl (C=O) groups excluding carboxylic acids is 2. The Morgan fingerprint density at radius 3 is 2.33 bits per heavy atom. The van der Waals surface area contributed by atoms with Gasteiger partial charge in [-0.2, -0.15) is 4.31 Å². The van der Waals surface area contributed by atoms with E-state index in [0.29, 0.717) is 37.5 Å². The van der Waals surface area contributed by atoms with Gasteiger partial charge in [0.2, 0.25) is 10.0 Å². The molecular formula is C23H26ClN3O5S. The van der Waals surface area contributed by atoms with E-state index in [2.05, 4.69) is 0 Å². The van der Waals surface area contributed by atoms with Crippen LogP contribution in [0.1, 0.15) is 18.4 Å². The number of piperazine rings is 1. The van der Waals surface area contributed by atoms with E-state index >= 15 is 0 Å². The topological polar surface area (TPSA) is 87.2 Å². The summed E-state index contributed by atoms with van der Waals surface area (Å²) in [5, 5.41) is 0.307. The Morgan fingerprint density at radius 2 is 1.67 bits per heavy atom. The number of carbonyl (C=O) groups is 2. The zero-order valence-electron chi connectivity index (χ0n) is 18.3. The van der Waals surface area contributed by atoms with E-state index in [0.717, 1.165) is 5.56 Å². The van der Waals surface area contributed by atoms with Crippen molar-refractivity contribution in [2.24, 2.45) is 0 Å². The lowest BCUT2D eigenvalue weighted by molar-refractivity contribution is -0.158. The molecular weight excluding hydrogens is 466 g/mol. The average Bonchev–Trinajstić information content (AvgIpc) is 2.83. The van der Waals surface area contributed by atoms with Gasteiger partial charge in [-0.05, 0) is 36.6 Å². The van der Waals surface area contributed by atoms with Crippen LogP contribution in [0.15, 0.2) is 53.4 Å². The highest BCUT2D eigenvalue weighted by atomic mass is 35.5. The van der Waals surface area contributed by atoms with E-state index in [1.165, 1.54) is 23.5 Å². The molecule has 0 bridgehead atoms. The first-order valence-corrected chi connectivity index (χ1v) is 12.6. The maximum Gasteiger partial charge on any atom is 0.312 e. The minimum absolute atomic E-state index is 0.0248. The maximum absolute atomic E-state index is 13.2. The van der Waals surface area contributed by atoms with Crippen molar-refractivity contribution in [3.05, 3.63) is 59.1 Å². The number of amides is 2. The second kappa shape index (κ2) is 9.70. The molecule has 2 amide bonds. The van der Waals surface area contributed by atoms with E-state index in [1.807, 2.05) is 30.3 Å². The highest BCUT2D eigenvalue weighted by Crippen LogP contribution is 2.32. The summed E-state index contributed by atoms with van der Waals surface area (Å²) in [6.07, 6.45) is 0.916. The third-order valence-electron chi connectivity index (χ3n) is 6.17. The summed E-state index contributed by atoms with van der Waals surface area (Å²) in [6.45, 7) is 1.79. The predicted molar refractivity (Wildman–Crippen MR) is 123 cm³/mol. The summed E-state index contributed by atoms with van der Waals surface area (Å²) in [5.74, 6) is -0.796. The SMILES string of the molecule is COc1ccc(Cl)cc1S(=O)(=O)N1CCC(N2CCN(Cc3ccccc3)C(=O)C2=O)CC1. The van der Waals surface area contributed by atoms with Crippen molar-refractivity contribution in [3.8, 4) is 5.75 Å². The smallest absolute Gasteiger partial charge is 0.312 e. The number of nitrogens with zero attached hydrogens (tertiary/aromatic N) is 3. The fourth-order valence-electron chi connectivity index (χ4n) is 4.38. The van der Waals surface area contributed by atoms with Crippen molar-refractivity contribution in [3.63, 3.8) is 0 Å². The Bertz CT molecular complexity index is 1130. The molecule has 2 aliphatic rings. The molecule has 0 saturated carbocycles. The maximum atomic E-state index is 13.2. The van der Waals surface area contributed by atoms with E-state index in [-0.39, 0.29) is 29.8 Å². The van der Waals surface area contributed by atoms with Gasteiger partial charge < -0.3 is 14.5 Å². The van der Waals surface area contributed by atoms with Gasteiger partial charge in [0.1, 0.15) is 10.6 Å². The second-order valence-electron chi connectivity index (χ2n) is 8.14. The molecule has 0 unspecified atom stereocenters. The Hall–Kier alpha value is -2.62. The zero-order valence-corrected chi connectivity index (χ0v) is 19.9. The van der Waals surface area contributed by atoms with Gasteiger partial charge in [0, 0.05) is 43.8 Å². The molecule has 2 saturated heterocycles. The van der Waals surface area contributed by atoms with Crippen LogP contribution in [0, 0.1) is 0 Å². The number of benzene rings is 2. The minimum Gasteiger partial charge on any atom is -0.495 e. The Balaban J connectivity index is 1.40. The van der Waals surface area contributed by atoms with Crippen molar-refractivity contribution in [1.29, 1.82) is 0 Å². The lowest BCUT2D eigenvalue weighted by Gasteiger charge is -2.41. The standard InChI is InChI=1S/C23H26ClN3O5S/c1-32-20-8-7-18(24)15-21(20)33(30,31)26-11-9-19(10-12-26)27-14-13-25(22(28)23(27)29)16-17-5-3-2-4-6-17/h2-8,15,19H,9-14,16H2,1H3. The monoisotopic (exact) mass is 491 g/mol. The summed E-state index contributed by atoms with van der Waals surface area (Å²) in [6, 6.07) is 13.9. The van der Waals surface area contributed by atoms with Gasteiger partial charge in [0.25, 0.3) is 0 Å². The van der Waals surface area contributed by atoms with Gasteiger partial charge in [-0.15, -0.1) is 0 Å². The van der Waals surface area contributed by atoms with Crippen LogP contribution in [0.25, 0.3) is 0 Å². The number of methoxy groups -OCH3 is 1. The average molecular weight is 492 g/mol. The Morgan fingerprint density at radius 1 is 0.970 bits per heavy atom. The predicted octanol–water partition coefficient (Wildman–Crippen LogP) is 2.37. The van der Waals surface area contributed by atoms with Crippen LogP contribution in [0.5, 0.6) is 5.75 Å². The van der Waals surface area contributed by atoms with Crippen molar-refractivity contribution < 1.29 is 22.7 Å². The molecule has 0 N–H and O–H groups in total. The molecule has 0 radical (unpaired) electrons. The Kier molecular flexibility index (Phi) is 6.92. The summed E-state index contributed by atoms with van der Waals surface area (Å²) in [5.41, 5.74) is 0.974. The van der Waals surface area contributed by atoms with Crippen LogP contribution in [0.2, 0.25) is 5.02 Å². The number of rotatable bonds is 6. The Labute approximate surface area is 198 Å². The van der Waals surface area contributed by atoms with E-state index in [4.69, 9.17) is 16.3 Å². The molecule has 0 aromatic heterocycles. The zero-order chi connectivity index (χ0) is 23.6. The molecule has 2 aromatic rings. The van der Waals surface area contributed by atoms with Crippen LogP contribution >= 0.6 is 11.6 Å². The van der Waals surface area contributed by atoms with E-state index in [1.54, 1.807) is 15.9 Å². The molecule has 176 valence electrons. The molecule has 2 aromatic carbocycles. The lowest BCUT2D eigenvalue weighted by atomic mass is 10.0. The highest BCUT2D eigenvalue weighted by Gasteiger charge is 2.39.